The number of hydrogen-bond acceptors (Lipinski definition) is 2. The standard InChI is InChI=1S/C12H14Cl3NO/c1-2-16-8-5-9(6-8)17-12-10(14)3-7(13)4-11(12)15/h3-4,8-9,16H,2,5-6H2,1H3. The minimum atomic E-state index is 0.190. The van der Waals surface area contributed by atoms with E-state index in [1.54, 1.807) is 12.1 Å². The van der Waals surface area contributed by atoms with Gasteiger partial charge >= 0.3 is 0 Å². The van der Waals surface area contributed by atoms with Crippen LogP contribution in [0.25, 0.3) is 0 Å². The molecule has 0 saturated heterocycles. The Morgan fingerprint density at radius 3 is 2.35 bits per heavy atom. The van der Waals surface area contributed by atoms with E-state index in [9.17, 15) is 0 Å². The maximum Gasteiger partial charge on any atom is 0.156 e. The van der Waals surface area contributed by atoms with Gasteiger partial charge in [0.25, 0.3) is 0 Å². The molecule has 17 heavy (non-hydrogen) atoms. The molecular weight excluding hydrogens is 280 g/mol. The van der Waals surface area contributed by atoms with Gasteiger partial charge in [0.1, 0.15) is 6.10 Å². The summed E-state index contributed by atoms with van der Waals surface area (Å²) in [5.74, 6) is 0.540. The molecule has 2 rings (SSSR count). The molecule has 0 bridgehead atoms. The molecule has 1 aliphatic rings. The highest BCUT2D eigenvalue weighted by Crippen LogP contribution is 2.38. The van der Waals surface area contributed by atoms with Gasteiger partial charge in [0.2, 0.25) is 0 Å². The molecule has 1 aliphatic carbocycles. The first-order valence-electron chi connectivity index (χ1n) is 5.64. The topological polar surface area (TPSA) is 21.3 Å². The van der Waals surface area contributed by atoms with Crippen molar-refractivity contribution in [2.24, 2.45) is 0 Å². The number of hydrogen-bond donors (Lipinski definition) is 1. The summed E-state index contributed by atoms with van der Waals surface area (Å²) >= 11 is 17.9. The molecule has 1 saturated carbocycles. The van der Waals surface area contributed by atoms with Gasteiger partial charge in [-0.15, -0.1) is 0 Å². The van der Waals surface area contributed by atoms with Crippen molar-refractivity contribution < 1.29 is 4.74 Å². The Balaban J connectivity index is 1.97. The Morgan fingerprint density at radius 1 is 1.24 bits per heavy atom. The highest BCUT2D eigenvalue weighted by Gasteiger charge is 2.31. The first-order chi connectivity index (χ1) is 8.10. The molecule has 1 aromatic rings. The van der Waals surface area contributed by atoms with E-state index in [1.807, 2.05) is 0 Å². The fraction of sp³-hybridized carbons (Fsp3) is 0.500. The van der Waals surface area contributed by atoms with E-state index in [0.29, 0.717) is 26.9 Å². The Morgan fingerprint density at radius 2 is 1.82 bits per heavy atom. The van der Waals surface area contributed by atoms with E-state index < -0.39 is 0 Å². The summed E-state index contributed by atoms with van der Waals surface area (Å²) in [5.41, 5.74) is 0. The van der Waals surface area contributed by atoms with Crippen molar-refractivity contribution in [2.75, 3.05) is 6.54 Å². The van der Waals surface area contributed by atoms with Gasteiger partial charge in [0.15, 0.2) is 5.75 Å². The van der Waals surface area contributed by atoms with Gasteiger partial charge in [-0.2, -0.15) is 0 Å². The van der Waals surface area contributed by atoms with Gasteiger partial charge in [0, 0.05) is 11.1 Å². The van der Waals surface area contributed by atoms with Crippen LogP contribution in [-0.2, 0) is 0 Å². The fourth-order valence-electron chi connectivity index (χ4n) is 1.93. The molecule has 0 atom stereocenters. The molecule has 0 aromatic heterocycles. The average Bonchev–Trinajstić information content (AvgIpc) is 2.18. The number of ether oxygens (including phenoxy) is 1. The van der Waals surface area contributed by atoms with Crippen LogP contribution in [0.2, 0.25) is 15.1 Å². The van der Waals surface area contributed by atoms with Gasteiger partial charge in [-0.05, 0) is 31.5 Å². The highest BCUT2D eigenvalue weighted by atomic mass is 35.5. The summed E-state index contributed by atoms with van der Waals surface area (Å²) in [6.45, 7) is 3.08. The van der Waals surface area contributed by atoms with E-state index in [1.165, 1.54) is 0 Å². The number of benzene rings is 1. The quantitative estimate of drug-likeness (QED) is 0.900. The number of rotatable bonds is 4. The van der Waals surface area contributed by atoms with Crippen LogP contribution in [0.4, 0.5) is 0 Å². The van der Waals surface area contributed by atoms with Crippen LogP contribution >= 0.6 is 34.8 Å². The predicted octanol–water partition coefficient (Wildman–Crippen LogP) is 4.17. The first-order valence-corrected chi connectivity index (χ1v) is 6.78. The maximum absolute atomic E-state index is 6.05. The van der Waals surface area contributed by atoms with Crippen LogP contribution in [0.1, 0.15) is 19.8 Å². The molecule has 0 spiro atoms. The maximum atomic E-state index is 6.05. The average molecular weight is 295 g/mol. The van der Waals surface area contributed by atoms with E-state index >= 15 is 0 Å². The van der Waals surface area contributed by atoms with Crippen LogP contribution in [0.15, 0.2) is 12.1 Å². The zero-order chi connectivity index (χ0) is 12.4. The Bertz CT molecular complexity index is 382. The summed E-state index contributed by atoms with van der Waals surface area (Å²) in [5, 5.41) is 4.82. The van der Waals surface area contributed by atoms with Gasteiger partial charge < -0.3 is 10.1 Å². The van der Waals surface area contributed by atoms with Gasteiger partial charge in [-0.25, -0.2) is 0 Å². The minimum Gasteiger partial charge on any atom is -0.487 e. The van der Waals surface area contributed by atoms with Gasteiger partial charge in [-0.1, -0.05) is 41.7 Å². The SMILES string of the molecule is CCNC1CC(Oc2c(Cl)cc(Cl)cc2Cl)C1. The molecule has 0 heterocycles. The van der Waals surface area contributed by atoms with Crippen LogP contribution in [0.5, 0.6) is 5.75 Å². The molecule has 94 valence electrons. The van der Waals surface area contributed by atoms with Crippen molar-refractivity contribution in [3.8, 4) is 5.75 Å². The van der Waals surface area contributed by atoms with Crippen molar-refractivity contribution in [1.29, 1.82) is 0 Å². The molecule has 5 heteroatoms. The molecule has 0 radical (unpaired) electrons. The minimum absolute atomic E-state index is 0.190. The van der Waals surface area contributed by atoms with Crippen molar-refractivity contribution in [1.82, 2.24) is 5.32 Å². The second-order valence-electron chi connectivity index (χ2n) is 4.16. The third-order valence-corrected chi connectivity index (χ3v) is 3.61. The first kappa shape index (κ1) is 13.3. The lowest BCUT2D eigenvalue weighted by Crippen LogP contribution is -2.46. The summed E-state index contributed by atoms with van der Waals surface area (Å²) in [6.07, 6.45) is 2.17. The third kappa shape index (κ3) is 3.19. The Labute approximate surface area is 116 Å². The summed E-state index contributed by atoms with van der Waals surface area (Å²) in [7, 11) is 0. The van der Waals surface area contributed by atoms with Crippen LogP contribution in [0, 0.1) is 0 Å². The lowest BCUT2D eigenvalue weighted by Gasteiger charge is -2.36. The Kier molecular flexibility index (Phi) is 4.42. The molecule has 0 aliphatic heterocycles. The summed E-state index contributed by atoms with van der Waals surface area (Å²) in [6, 6.07) is 3.84. The zero-order valence-corrected chi connectivity index (χ0v) is 11.7. The lowest BCUT2D eigenvalue weighted by atomic mass is 9.89. The fourth-order valence-corrected chi connectivity index (χ4v) is 2.83. The number of nitrogens with one attached hydrogen (secondary N) is 1. The van der Waals surface area contributed by atoms with E-state index in [4.69, 9.17) is 39.5 Å². The van der Waals surface area contributed by atoms with Crippen molar-refractivity contribution in [3.63, 3.8) is 0 Å². The Hall–Kier alpha value is -0.150. The van der Waals surface area contributed by atoms with Crippen molar-refractivity contribution in [3.05, 3.63) is 27.2 Å². The normalized spacial score (nSPS) is 23.3. The lowest BCUT2D eigenvalue weighted by molar-refractivity contribution is 0.0861. The monoisotopic (exact) mass is 293 g/mol. The molecule has 2 nitrogen and oxygen atoms in total. The van der Waals surface area contributed by atoms with Crippen LogP contribution in [-0.4, -0.2) is 18.7 Å². The molecule has 0 unspecified atom stereocenters. The van der Waals surface area contributed by atoms with E-state index in [-0.39, 0.29) is 6.10 Å². The van der Waals surface area contributed by atoms with Gasteiger partial charge in [-0.3, -0.25) is 0 Å². The van der Waals surface area contributed by atoms with E-state index in [2.05, 4.69) is 12.2 Å². The van der Waals surface area contributed by atoms with Gasteiger partial charge in [0.05, 0.1) is 10.0 Å². The molecular formula is C12H14Cl3NO. The van der Waals surface area contributed by atoms with Crippen molar-refractivity contribution in [2.45, 2.75) is 31.9 Å². The molecule has 1 N–H and O–H groups in total. The number of halogens is 3. The van der Waals surface area contributed by atoms with Crippen LogP contribution in [0.3, 0.4) is 0 Å². The highest BCUT2D eigenvalue weighted by molar-refractivity contribution is 6.40. The summed E-state index contributed by atoms with van der Waals surface area (Å²) < 4.78 is 5.78. The molecule has 1 fully saturated rings. The third-order valence-electron chi connectivity index (χ3n) is 2.84. The molecule has 1 aromatic carbocycles. The van der Waals surface area contributed by atoms with E-state index in [0.717, 1.165) is 19.4 Å². The second kappa shape index (κ2) is 5.66. The zero-order valence-electron chi connectivity index (χ0n) is 9.47. The van der Waals surface area contributed by atoms with Crippen LogP contribution < -0.4 is 10.1 Å². The second-order valence-corrected chi connectivity index (χ2v) is 5.42. The molecule has 0 amide bonds. The summed E-state index contributed by atoms with van der Waals surface area (Å²) in [4.78, 5) is 0. The van der Waals surface area contributed by atoms with Crippen molar-refractivity contribution >= 4 is 34.8 Å². The smallest absolute Gasteiger partial charge is 0.156 e. The largest absolute Gasteiger partial charge is 0.487 e. The predicted molar refractivity (Wildman–Crippen MR) is 72.6 cm³/mol.